The van der Waals surface area contributed by atoms with E-state index in [2.05, 4.69) is 14.8 Å². The number of carbonyl (C=O) groups excluding carboxylic acids is 2. The molecule has 0 atom stereocenters. The van der Waals surface area contributed by atoms with E-state index in [-0.39, 0.29) is 24.2 Å². The summed E-state index contributed by atoms with van der Waals surface area (Å²) >= 11 is 1.45. The fraction of sp³-hybridized carbons (Fsp3) is 0.292. The van der Waals surface area contributed by atoms with Gasteiger partial charge in [-0.1, -0.05) is 24.3 Å². The Hall–Kier alpha value is -3.10. The van der Waals surface area contributed by atoms with E-state index < -0.39 is 0 Å². The van der Waals surface area contributed by atoms with Crippen LogP contribution in [0, 0.1) is 12.7 Å². The first-order chi connectivity index (χ1) is 15.5. The van der Waals surface area contributed by atoms with E-state index in [0.717, 1.165) is 29.5 Å². The lowest BCUT2D eigenvalue weighted by Gasteiger charge is -2.36. The third-order valence-corrected chi connectivity index (χ3v) is 6.95. The van der Waals surface area contributed by atoms with Crippen LogP contribution in [-0.4, -0.2) is 52.8 Å². The Labute approximate surface area is 189 Å². The first-order valence-corrected chi connectivity index (χ1v) is 11.5. The fourth-order valence-electron chi connectivity index (χ4n) is 4.35. The monoisotopic (exact) mass is 450 g/mol. The van der Waals surface area contributed by atoms with Gasteiger partial charge in [-0.2, -0.15) is 0 Å². The van der Waals surface area contributed by atoms with Crippen LogP contribution in [0.4, 0.5) is 10.1 Å². The van der Waals surface area contributed by atoms with E-state index in [0.29, 0.717) is 36.3 Å². The number of hydrogen-bond donors (Lipinski definition) is 0. The Morgan fingerprint density at radius 3 is 2.47 bits per heavy atom. The number of benzene rings is 2. The van der Waals surface area contributed by atoms with E-state index in [1.54, 1.807) is 12.1 Å². The highest BCUT2D eigenvalue weighted by Crippen LogP contribution is 2.33. The van der Waals surface area contributed by atoms with Crippen molar-refractivity contribution in [3.8, 4) is 0 Å². The number of imide groups is 1. The van der Waals surface area contributed by atoms with Crippen LogP contribution in [0.1, 0.15) is 37.0 Å². The molecular formula is C24H23FN4O2S. The van der Waals surface area contributed by atoms with Crippen LogP contribution in [0.5, 0.6) is 0 Å². The average molecular weight is 451 g/mol. The van der Waals surface area contributed by atoms with E-state index in [4.69, 9.17) is 0 Å². The van der Waals surface area contributed by atoms with Gasteiger partial charge in [-0.05, 0) is 25.1 Å². The Morgan fingerprint density at radius 2 is 1.75 bits per heavy atom. The molecule has 164 valence electrons. The Balaban J connectivity index is 1.31. The second-order valence-electron chi connectivity index (χ2n) is 8.13. The van der Waals surface area contributed by atoms with E-state index in [1.807, 2.05) is 36.6 Å². The van der Waals surface area contributed by atoms with Crippen molar-refractivity contribution in [1.82, 2.24) is 14.8 Å². The zero-order valence-electron chi connectivity index (χ0n) is 17.8. The van der Waals surface area contributed by atoms with Crippen LogP contribution >= 0.6 is 11.3 Å². The zero-order valence-corrected chi connectivity index (χ0v) is 18.6. The van der Waals surface area contributed by atoms with Crippen molar-refractivity contribution in [1.29, 1.82) is 0 Å². The van der Waals surface area contributed by atoms with E-state index in [9.17, 15) is 14.0 Å². The molecule has 2 aliphatic rings. The van der Waals surface area contributed by atoms with Gasteiger partial charge in [-0.25, -0.2) is 9.37 Å². The summed E-state index contributed by atoms with van der Waals surface area (Å²) in [5.74, 6) is -0.712. The summed E-state index contributed by atoms with van der Waals surface area (Å²) in [6.45, 7) is 5.57. The molecule has 3 heterocycles. The molecule has 0 spiro atoms. The van der Waals surface area contributed by atoms with Crippen LogP contribution in [-0.2, 0) is 13.1 Å². The minimum Gasteiger partial charge on any atom is -0.368 e. The minimum atomic E-state index is -0.266. The molecule has 8 heteroatoms. The molecule has 32 heavy (non-hydrogen) atoms. The minimum absolute atomic E-state index is 0.185. The van der Waals surface area contributed by atoms with Gasteiger partial charge in [0.25, 0.3) is 11.8 Å². The van der Waals surface area contributed by atoms with Crippen molar-refractivity contribution in [2.75, 3.05) is 31.1 Å². The number of rotatable bonds is 5. The Morgan fingerprint density at radius 1 is 0.969 bits per heavy atom. The standard InChI is InChI=1S/C24H23FN4O2S/c1-16-15-32-21(26-16)14-29-23(30)18-6-4-8-20(22(18)24(29)31)28-11-9-27(10-12-28)13-17-5-2-3-7-19(17)25/h2-8,15H,9-14H2,1H3. The van der Waals surface area contributed by atoms with Gasteiger partial charge in [0, 0.05) is 49.4 Å². The molecule has 3 aromatic rings. The fourth-order valence-corrected chi connectivity index (χ4v) is 5.11. The van der Waals surface area contributed by atoms with Gasteiger partial charge < -0.3 is 4.90 Å². The molecule has 0 aliphatic carbocycles. The van der Waals surface area contributed by atoms with Crippen molar-refractivity contribution in [3.63, 3.8) is 0 Å². The molecular weight excluding hydrogens is 427 g/mol. The maximum Gasteiger partial charge on any atom is 0.264 e. The maximum absolute atomic E-state index is 14.0. The molecule has 1 saturated heterocycles. The molecule has 5 rings (SSSR count). The van der Waals surface area contributed by atoms with Gasteiger partial charge in [-0.3, -0.25) is 19.4 Å². The van der Waals surface area contributed by atoms with Gasteiger partial charge in [-0.15, -0.1) is 11.3 Å². The molecule has 1 fully saturated rings. The molecule has 2 aliphatic heterocycles. The predicted molar refractivity (Wildman–Crippen MR) is 121 cm³/mol. The number of aromatic nitrogens is 1. The number of carbonyl (C=O) groups is 2. The largest absolute Gasteiger partial charge is 0.368 e. The summed E-state index contributed by atoms with van der Waals surface area (Å²) < 4.78 is 14.0. The first-order valence-electron chi connectivity index (χ1n) is 10.6. The number of fused-ring (bicyclic) bond motifs is 1. The van der Waals surface area contributed by atoms with Gasteiger partial charge in [0.1, 0.15) is 10.8 Å². The lowest BCUT2D eigenvalue weighted by molar-refractivity contribution is 0.0642. The third-order valence-electron chi connectivity index (χ3n) is 6.00. The number of hydrogen-bond acceptors (Lipinski definition) is 6. The molecule has 2 amide bonds. The van der Waals surface area contributed by atoms with E-state index >= 15 is 0 Å². The summed E-state index contributed by atoms with van der Waals surface area (Å²) in [6, 6.07) is 12.3. The third kappa shape index (κ3) is 3.80. The summed E-state index contributed by atoms with van der Waals surface area (Å²) in [5.41, 5.74) is 3.30. The van der Waals surface area contributed by atoms with Crippen LogP contribution in [0.15, 0.2) is 47.8 Å². The normalized spacial score (nSPS) is 16.7. The highest BCUT2D eigenvalue weighted by atomic mass is 32.1. The number of amides is 2. The maximum atomic E-state index is 14.0. The van der Waals surface area contributed by atoms with Gasteiger partial charge in [0.05, 0.1) is 23.4 Å². The number of piperazine rings is 1. The van der Waals surface area contributed by atoms with Crippen molar-refractivity contribution < 1.29 is 14.0 Å². The lowest BCUT2D eigenvalue weighted by Crippen LogP contribution is -2.46. The first kappa shape index (κ1) is 20.8. The number of nitrogens with zero attached hydrogens (tertiary/aromatic N) is 4. The zero-order chi connectivity index (χ0) is 22.2. The quantitative estimate of drug-likeness (QED) is 0.555. The molecule has 0 unspecified atom stereocenters. The lowest BCUT2D eigenvalue weighted by atomic mass is 10.1. The van der Waals surface area contributed by atoms with E-state index in [1.165, 1.54) is 22.3 Å². The van der Waals surface area contributed by atoms with Gasteiger partial charge in [0.15, 0.2) is 0 Å². The SMILES string of the molecule is Cc1csc(CN2C(=O)c3cccc(N4CCN(Cc5ccccc5F)CC4)c3C2=O)n1. The molecule has 1 aromatic heterocycles. The molecule has 0 bridgehead atoms. The van der Waals surface area contributed by atoms with Crippen LogP contribution in [0.25, 0.3) is 0 Å². The molecule has 0 radical (unpaired) electrons. The highest BCUT2D eigenvalue weighted by molar-refractivity contribution is 7.09. The smallest absolute Gasteiger partial charge is 0.264 e. The second-order valence-corrected chi connectivity index (χ2v) is 9.08. The summed E-state index contributed by atoms with van der Waals surface area (Å²) in [4.78, 5) is 36.2. The summed E-state index contributed by atoms with van der Waals surface area (Å²) in [6.07, 6.45) is 0. The van der Waals surface area contributed by atoms with Gasteiger partial charge in [0.2, 0.25) is 0 Å². The molecule has 2 aromatic carbocycles. The highest BCUT2D eigenvalue weighted by Gasteiger charge is 2.39. The van der Waals surface area contributed by atoms with Crippen molar-refractivity contribution in [2.45, 2.75) is 20.0 Å². The second kappa shape index (κ2) is 8.44. The Bertz CT molecular complexity index is 1190. The number of halogens is 1. The topological polar surface area (TPSA) is 56.8 Å². The Kier molecular flexibility index (Phi) is 5.48. The van der Waals surface area contributed by atoms with Crippen LogP contribution < -0.4 is 4.90 Å². The average Bonchev–Trinajstić information content (AvgIpc) is 3.32. The van der Waals surface area contributed by atoms with Crippen molar-refractivity contribution in [3.05, 3.63) is 81.1 Å². The van der Waals surface area contributed by atoms with Crippen molar-refractivity contribution >= 4 is 28.8 Å². The van der Waals surface area contributed by atoms with Crippen LogP contribution in [0.3, 0.4) is 0 Å². The van der Waals surface area contributed by atoms with Gasteiger partial charge >= 0.3 is 0 Å². The number of anilines is 1. The number of aryl methyl sites for hydroxylation is 1. The molecule has 0 N–H and O–H groups in total. The predicted octanol–water partition coefficient (Wildman–Crippen LogP) is 3.71. The molecule has 6 nitrogen and oxygen atoms in total. The summed E-state index contributed by atoms with van der Waals surface area (Å²) in [7, 11) is 0. The summed E-state index contributed by atoms with van der Waals surface area (Å²) in [5, 5.41) is 2.67. The van der Waals surface area contributed by atoms with Crippen LogP contribution in [0.2, 0.25) is 0 Å². The molecule has 0 saturated carbocycles. The number of thiazole rings is 1. The van der Waals surface area contributed by atoms with Crippen molar-refractivity contribution in [2.24, 2.45) is 0 Å².